The molecular formula is C28H32N6O4. The van der Waals surface area contributed by atoms with Crippen molar-refractivity contribution in [2.24, 2.45) is 0 Å². The summed E-state index contributed by atoms with van der Waals surface area (Å²) in [5.74, 6) is -0.791. The fourth-order valence-corrected chi connectivity index (χ4v) is 4.38. The highest BCUT2D eigenvalue weighted by Gasteiger charge is 2.27. The number of anilines is 2. The van der Waals surface area contributed by atoms with E-state index in [0.717, 1.165) is 18.7 Å². The lowest BCUT2D eigenvalue weighted by Gasteiger charge is -2.27. The molecule has 38 heavy (non-hydrogen) atoms. The maximum atomic E-state index is 13.1. The zero-order chi connectivity index (χ0) is 27.2. The van der Waals surface area contributed by atoms with Gasteiger partial charge in [0.05, 0.1) is 17.6 Å². The number of hydrogen-bond donors (Lipinski definition) is 5. The van der Waals surface area contributed by atoms with Gasteiger partial charge in [-0.05, 0) is 61.9 Å². The van der Waals surface area contributed by atoms with E-state index in [9.17, 15) is 19.5 Å². The number of aromatic hydroxyl groups is 1. The lowest BCUT2D eigenvalue weighted by Crippen LogP contribution is -2.54. The van der Waals surface area contributed by atoms with Gasteiger partial charge in [0.1, 0.15) is 11.6 Å². The van der Waals surface area contributed by atoms with Crippen LogP contribution in [0.25, 0.3) is 0 Å². The van der Waals surface area contributed by atoms with Gasteiger partial charge >= 0.3 is 0 Å². The van der Waals surface area contributed by atoms with Gasteiger partial charge in [0.25, 0.3) is 11.8 Å². The van der Waals surface area contributed by atoms with E-state index in [1.807, 2.05) is 19.0 Å². The number of nitrogens with two attached hydrogens (primary N) is 1. The lowest BCUT2D eigenvalue weighted by molar-refractivity contribution is 0.0882. The number of nitrogens with zero attached hydrogens (tertiary/aromatic N) is 2. The molecule has 1 aliphatic heterocycles. The number of aromatic nitrogens is 1. The van der Waals surface area contributed by atoms with Crippen molar-refractivity contribution in [2.75, 3.05) is 37.8 Å². The van der Waals surface area contributed by atoms with Gasteiger partial charge in [-0.15, -0.1) is 0 Å². The molecule has 0 bridgehead atoms. The molecule has 1 fully saturated rings. The molecule has 2 amide bonds. The van der Waals surface area contributed by atoms with Crippen molar-refractivity contribution in [3.8, 4) is 5.75 Å². The van der Waals surface area contributed by atoms with Crippen molar-refractivity contribution < 1.29 is 19.5 Å². The van der Waals surface area contributed by atoms with Crippen molar-refractivity contribution >= 4 is 29.1 Å². The number of ketones is 1. The Labute approximate surface area is 221 Å². The highest BCUT2D eigenvalue weighted by Crippen LogP contribution is 2.25. The van der Waals surface area contributed by atoms with Crippen molar-refractivity contribution in [1.82, 2.24) is 20.9 Å². The second-order valence-corrected chi connectivity index (χ2v) is 9.48. The summed E-state index contributed by atoms with van der Waals surface area (Å²) in [4.78, 5) is 44.7. The van der Waals surface area contributed by atoms with E-state index in [-0.39, 0.29) is 46.8 Å². The number of carbonyl (C=O) groups excluding carboxylic acids is 3. The van der Waals surface area contributed by atoms with E-state index in [4.69, 9.17) is 5.73 Å². The molecule has 10 nitrogen and oxygen atoms in total. The first-order valence-corrected chi connectivity index (χ1v) is 12.4. The molecule has 6 N–H and O–H groups in total. The number of benzene rings is 2. The summed E-state index contributed by atoms with van der Waals surface area (Å²) in [5, 5.41) is 19.6. The largest absolute Gasteiger partial charge is 0.507 e. The summed E-state index contributed by atoms with van der Waals surface area (Å²) in [6.07, 6.45) is 2.99. The van der Waals surface area contributed by atoms with Crippen LogP contribution in [0.4, 0.5) is 11.5 Å². The zero-order valence-corrected chi connectivity index (χ0v) is 21.4. The molecule has 10 heteroatoms. The number of rotatable bonds is 7. The maximum absolute atomic E-state index is 13.1. The zero-order valence-electron chi connectivity index (χ0n) is 21.4. The molecule has 198 valence electrons. The predicted molar refractivity (Wildman–Crippen MR) is 146 cm³/mol. The van der Waals surface area contributed by atoms with Crippen LogP contribution in [-0.4, -0.2) is 67.0 Å². The van der Waals surface area contributed by atoms with Crippen LogP contribution in [0, 0.1) is 0 Å². The molecular weight excluding hydrogens is 484 g/mol. The molecule has 2 aromatic carbocycles. The summed E-state index contributed by atoms with van der Waals surface area (Å²) in [6, 6.07) is 13.6. The third-order valence-corrected chi connectivity index (χ3v) is 6.55. The second-order valence-electron chi connectivity index (χ2n) is 9.48. The van der Waals surface area contributed by atoms with Crippen molar-refractivity contribution in [3.63, 3.8) is 0 Å². The first-order chi connectivity index (χ1) is 18.2. The van der Waals surface area contributed by atoms with Crippen LogP contribution in [0.5, 0.6) is 5.75 Å². The van der Waals surface area contributed by atoms with Crippen LogP contribution in [0.1, 0.15) is 49.5 Å². The van der Waals surface area contributed by atoms with E-state index >= 15 is 0 Å². The van der Waals surface area contributed by atoms with Gasteiger partial charge in [0, 0.05) is 49.2 Å². The molecule has 0 spiro atoms. The quantitative estimate of drug-likeness (QED) is 0.299. The Hall–Kier alpha value is -4.44. The Morgan fingerprint density at radius 1 is 0.947 bits per heavy atom. The third kappa shape index (κ3) is 6.27. The Balaban J connectivity index is 1.45. The molecule has 4 rings (SSSR count). The fraction of sp³-hybridized carbons (Fsp3) is 0.286. The predicted octanol–water partition coefficient (Wildman–Crippen LogP) is 1.95. The second kappa shape index (κ2) is 11.7. The molecule has 0 radical (unpaired) electrons. The number of phenolic OH excluding ortho intramolecular Hbond substituents is 1. The minimum Gasteiger partial charge on any atom is -0.507 e. The number of carbonyl (C=O) groups is 3. The summed E-state index contributed by atoms with van der Waals surface area (Å²) in [7, 11) is 3.70. The lowest BCUT2D eigenvalue weighted by atomic mass is 9.99. The average Bonchev–Trinajstić information content (AvgIpc) is 3.13. The van der Waals surface area contributed by atoms with Crippen LogP contribution in [0.3, 0.4) is 0 Å². The van der Waals surface area contributed by atoms with E-state index in [1.165, 1.54) is 18.3 Å². The van der Waals surface area contributed by atoms with Crippen molar-refractivity contribution in [2.45, 2.75) is 24.9 Å². The van der Waals surface area contributed by atoms with Crippen LogP contribution in [0.15, 0.2) is 60.8 Å². The minimum atomic E-state index is -0.340. The van der Waals surface area contributed by atoms with Gasteiger partial charge in [-0.25, -0.2) is 4.98 Å². The number of nitrogen functional groups attached to an aromatic ring is 1. The SMILES string of the molecule is CN(C)c1ccc(O)c(C(=O)c2ccc(C(=O)N[C@@H]3CCCNC[C@H]3NC(=O)c3ccnc(N)c3)cc2)c1. The van der Waals surface area contributed by atoms with E-state index in [2.05, 4.69) is 20.9 Å². The van der Waals surface area contributed by atoms with Crippen LogP contribution in [-0.2, 0) is 0 Å². The van der Waals surface area contributed by atoms with Crippen LogP contribution >= 0.6 is 0 Å². The number of nitrogens with one attached hydrogen (secondary N) is 3. The first kappa shape index (κ1) is 26.6. The Kier molecular flexibility index (Phi) is 8.22. The van der Waals surface area contributed by atoms with E-state index < -0.39 is 0 Å². The topological polar surface area (TPSA) is 150 Å². The van der Waals surface area contributed by atoms with E-state index in [0.29, 0.717) is 29.7 Å². The first-order valence-electron chi connectivity index (χ1n) is 12.4. The molecule has 0 saturated carbocycles. The van der Waals surface area contributed by atoms with Crippen LogP contribution < -0.4 is 26.6 Å². The van der Waals surface area contributed by atoms with Gasteiger partial charge in [-0.2, -0.15) is 0 Å². The Bertz CT molecular complexity index is 1330. The van der Waals surface area contributed by atoms with Gasteiger partial charge in [0.15, 0.2) is 5.78 Å². The molecule has 1 aliphatic rings. The van der Waals surface area contributed by atoms with Gasteiger partial charge in [-0.3, -0.25) is 14.4 Å². The summed E-state index contributed by atoms with van der Waals surface area (Å²) in [6.45, 7) is 1.28. The van der Waals surface area contributed by atoms with E-state index in [1.54, 1.807) is 42.5 Å². The molecule has 0 unspecified atom stereocenters. The Morgan fingerprint density at radius 2 is 1.63 bits per heavy atom. The monoisotopic (exact) mass is 516 g/mol. The maximum Gasteiger partial charge on any atom is 0.251 e. The van der Waals surface area contributed by atoms with Gasteiger partial charge in [-0.1, -0.05) is 12.1 Å². The Morgan fingerprint density at radius 3 is 2.34 bits per heavy atom. The van der Waals surface area contributed by atoms with Crippen molar-refractivity contribution in [1.29, 1.82) is 0 Å². The fourth-order valence-electron chi connectivity index (χ4n) is 4.38. The van der Waals surface area contributed by atoms with Gasteiger partial charge in [0.2, 0.25) is 0 Å². The summed E-state index contributed by atoms with van der Waals surface area (Å²) < 4.78 is 0. The molecule has 1 aromatic heterocycles. The standard InChI is InChI=1S/C28H32N6O4/c1-34(2)20-9-10-24(35)21(15-20)26(36)17-5-7-18(8-6-17)27(37)32-22-4-3-12-30-16-23(22)33-28(38)19-11-13-31-25(29)14-19/h5-11,13-15,22-23,30,35H,3-4,12,16H2,1-2H3,(H2,29,31)(H,32,37)(H,33,38)/t22-,23-/m1/s1. The molecule has 3 aromatic rings. The highest BCUT2D eigenvalue weighted by molar-refractivity contribution is 6.11. The number of hydrogen-bond acceptors (Lipinski definition) is 8. The molecule has 1 saturated heterocycles. The molecule has 2 heterocycles. The smallest absolute Gasteiger partial charge is 0.251 e. The highest BCUT2D eigenvalue weighted by atomic mass is 16.3. The number of pyridine rings is 1. The number of amides is 2. The van der Waals surface area contributed by atoms with Crippen molar-refractivity contribution in [3.05, 3.63) is 83.0 Å². The summed E-state index contributed by atoms with van der Waals surface area (Å²) in [5.41, 5.74) is 7.82. The third-order valence-electron chi connectivity index (χ3n) is 6.55. The summed E-state index contributed by atoms with van der Waals surface area (Å²) >= 11 is 0. The van der Waals surface area contributed by atoms with Gasteiger partial charge < -0.3 is 31.7 Å². The molecule has 2 atom stereocenters. The normalized spacial score (nSPS) is 17.2. The molecule has 0 aliphatic carbocycles. The number of phenols is 1. The van der Waals surface area contributed by atoms with Crippen LogP contribution in [0.2, 0.25) is 0 Å². The average molecular weight is 517 g/mol. The minimum absolute atomic E-state index is 0.105.